The van der Waals surface area contributed by atoms with Gasteiger partial charge in [0.25, 0.3) is 0 Å². The van der Waals surface area contributed by atoms with E-state index in [2.05, 4.69) is 21.2 Å². The second-order valence-electron chi connectivity index (χ2n) is 4.47. The minimum atomic E-state index is -0.352. The predicted octanol–water partition coefficient (Wildman–Crippen LogP) is 1.87. The van der Waals surface area contributed by atoms with Crippen LogP contribution in [0.15, 0.2) is 16.6 Å². The molecule has 1 atom stereocenters. The van der Waals surface area contributed by atoms with Crippen molar-refractivity contribution >= 4 is 27.5 Å². The molecule has 0 spiro atoms. The van der Waals surface area contributed by atoms with Crippen LogP contribution in [0.2, 0.25) is 0 Å². The summed E-state index contributed by atoms with van der Waals surface area (Å²) in [5.41, 5.74) is 6.68. The average molecular weight is 332 g/mol. The molecule has 0 bridgehead atoms. The van der Waals surface area contributed by atoms with Gasteiger partial charge in [0, 0.05) is 27.2 Å². The SMILES string of the molecule is CNC(=O)C(C)CN(C)c1ccc(CN)c(Br)c1F. The van der Waals surface area contributed by atoms with E-state index in [4.69, 9.17) is 5.73 Å². The average Bonchev–Trinajstić information content (AvgIpc) is 2.40. The summed E-state index contributed by atoms with van der Waals surface area (Å²) < 4.78 is 14.6. The van der Waals surface area contributed by atoms with Gasteiger partial charge in [0.05, 0.1) is 16.1 Å². The van der Waals surface area contributed by atoms with Crippen LogP contribution in [0.4, 0.5) is 10.1 Å². The van der Waals surface area contributed by atoms with Crippen LogP contribution >= 0.6 is 15.9 Å². The van der Waals surface area contributed by atoms with Gasteiger partial charge in [0.15, 0.2) is 5.82 Å². The van der Waals surface area contributed by atoms with Gasteiger partial charge >= 0.3 is 0 Å². The molecule has 0 saturated carbocycles. The third kappa shape index (κ3) is 3.67. The van der Waals surface area contributed by atoms with Crippen molar-refractivity contribution in [3.63, 3.8) is 0 Å². The number of carbonyl (C=O) groups excluding carboxylic acids is 1. The summed E-state index contributed by atoms with van der Waals surface area (Å²) in [4.78, 5) is 13.2. The molecule has 4 nitrogen and oxygen atoms in total. The van der Waals surface area contributed by atoms with E-state index in [9.17, 15) is 9.18 Å². The molecule has 0 aliphatic heterocycles. The number of benzene rings is 1. The van der Waals surface area contributed by atoms with Crippen molar-refractivity contribution in [3.05, 3.63) is 28.0 Å². The topological polar surface area (TPSA) is 58.4 Å². The normalized spacial score (nSPS) is 12.1. The van der Waals surface area contributed by atoms with E-state index in [0.29, 0.717) is 22.3 Å². The number of nitrogens with zero attached hydrogens (tertiary/aromatic N) is 1. The lowest BCUT2D eigenvalue weighted by Crippen LogP contribution is -2.34. The minimum absolute atomic E-state index is 0.0649. The number of nitrogens with two attached hydrogens (primary N) is 1. The van der Waals surface area contributed by atoms with E-state index in [0.717, 1.165) is 0 Å². The van der Waals surface area contributed by atoms with Crippen LogP contribution in [0.3, 0.4) is 0 Å². The van der Waals surface area contributed by atoms with Gasteiger partial charge in [-0.2, -0.15) is 0 Å². The first-order chi connectivity index (χ1) is 8.92. The second kappa shape index (κ2) is 6.86. The summed E-state index contributed by atoms with van der Waals surface area (Å²) in [6.45, 7) is 2.51. The Balaban J connectivity index is 2.92. The van der Waals surface area contributed by atoms with E-state index in [-0.39, 0.29) is 24.2 Å². The molecule has 1 unspecified atom stereocenters. The summed E-state index contributed by atoms with van der Waals surface area (Å²) in [5.74, 6) is -0.637. The Hall–Kier alpha value is -1.14. The number of anilines is 1. The molecule has 0 heterocycles. The Morgan fingerprint density at radius 3 is 2.74 bits per heavy atom. The van der Waals surface area contributed by atoms with Crippen LogP contribution in [0.25, 0.3) is 0 Å². The molecule has 1 rings (SSSR count). The van der Waals surface area contributed by atoms with E-state index >= 15 is 0 Å². The second-order valence-corrected chi connectivity index (χ2v) is 5.26. The Morgan fingerprint density at radius 2 is 2.21 bits per heavy atom. The largest absolute Gasteiger partial charge is 0.371 e. The number of halogens is 2. The molecule has 19 heavy (non-hydrogen) atoms. The Morgan fingerprint density at radius 1 is 1.58 bits per heavy atom. The summed E-state index contributed by atoms with van der Waals surface area (Å²) in [6.07, 6.45) is 0. The van der Waals surface area contributed by atoms with Gasteiger partial charge in [-0.15, -0.1) is 0 Å². The Labute approximate surface area is 121 Å². The van der Waals surface area contributed by atoms with Crippen molar-refractivity contribution in [3.8, 4) is 0 Å². The summed E-state index contributed by atoms with van der Waals surface area (Å²) in [7, 11) is 3.35. The van der Waals surface area contributed by atoms with Crippen LogP contribution in [0.5, 0.6) is 0 Å². The molecule has 1 aromatic carbocycles. The standard InChI is InChI=1S/C13H19BrFN3O/c1-8(13(19)17-2)7-18(3)10-5-4-9(6-16)11(14)12(10)15/h4-5,8H,6-7,16H2,1-3H3,(H,17,19). The van der Waals surface area contributed by atoms with Gasteiger partial charge in [-0.1, -0.05) is 13.0 Å². The smallest absolute Gasteiger partial charge is 0.224 e. The number of hydrogen-bond acceptors (Lipinski definition) is 3. The zero-order chi connectivity index (χ0) is 14.6. The van der Waals surface area contributed by atoms with Gasteiger partial charge < -0.3 is 16.0 Å². The molecule has 106 valence electrons. The zero-order valence-electron chi connectivity index (χ0n) is 11.3. The van der Waals surface area contributed by atoms with Gasteiger partial charge in [0.1, 0.15) is 0 Å². The van der Waals surface area contributed by atoms with Gasteiger partial charge in [0.2, 0.25) is 5.91 Å². The van der Waals surface area contributed by atoms with Crippen LogP contribution < -0.4 is 16.0 Å². The van der Waals surface area contributed by atoms with Crippen LogP contribution in [0, 0.1) is 11.7 Å². The van der Waals surface area contributed by atoms with Gasteiger partial charge in [-0.05, 0) is 27.6 Å². The van der Waals surface area contributed by atoms with Crippen molar-refractivity contribution in [2.75, 3.05) is 25.5 Å². The highest BCUT2D eigenvalue weighted by atomic mass is 79.9. The maximum absolute atomic E-state index is 14.2. The first-order valence-corrected chi connectivity index (χ1v) is 6.81. The third-order valence-corrected chi connectivity index (χ3v) is 3.87. The number of hydrogen-bond donors (Lipinski definition) is 2. The quantitative estimate of drug-likeness (QED) is 0.865. The highest BCUT2D eigenvalue weighted by molar-refractivity contribution is 9.10. The molecule has 1 amide bonds. The van der Waals surface area contributed by atoms with Crippen molar-refractivity contribution in [2.24, 2.45) is 11.7 Å². The fourth-order valence-corrected chi connectivity index (χ4v) is 2.37. The van der Waals surface area contributed by atoms with E-state index < -0.39 is 0 Å². The Bertz CT molecular complexity index is 467. The molecule has 0 aliphatic rings. The molecule has 3 N–H and O–H groups in total. The van der Waals surface area contributed by atoms with Gasteiger partial charge in [-0.25, -0.2) is 4.39 Å². The summed E-state index contributed by atoms with van der Waals surface area (Å²) in [5, 5.41) is 2.58. The molecule has 0 aliphatic carbocycles. The summed E-state index contributed by atoms with van der Waals surface area (Å²) >= 11 is 3.21. The lowest BCUT2D eigenvalue weighted by molar-refractivity contribution is -0.123. The number of amides is 1. The van der Waals surface area contributed by atoms with E-state index in [1.165, 1.54) is 0 Å². The number of rotatable bonds is 5. The maximum atomic E-state index is 14.2. The van der Waals surface area contributed by atoms with Crippen molar-refractivity contribution in [1.82, 2.24) is 5.32 Å². The first-order valence-electron chi connectivity index (χ1n) is 6.02. The van der Waals surface area contributed by atoms with E-state index in [1.54, 1.807) is 38.1 Å². The minimum Gasteiger partial charge on any atom is -0.371 e. The highest BCUT2D eigenvalue weighted by Crippen LogP contribution is 2.29. The number of carbonyl (C=O) groups is 1. The van der Waals surface area contributed by atoms with E-state index in [1.807, 2.05) is 0 Å². The molecule has 0 saturated heterocycles. The van der Waals surface area contributed by atoms with Crippen LogP contribution in [0.1, 0.15) is 12.5 Å². The third-order valence-electron chi connectivity index (χ3n) is 3.01. The van der Waals surface area contributed by atoms with Gasteiger partial charge in [-0.3, -0.25) is 4.79 Å². The zero-order valence-corrected chi connectivity index (χ0v) is 12.9. The Kier molecular flexibility index (Phi) is 5.75. The fourth-order valence-electron chi connectivity index (χ4n) is 1.87. The van der Waals surface area contributed by atoms with Crippen LogP contribution in [-0.2, 0) is 11.3 Å². The molecular weight excluding hydrogens is 313 g/mol. The highest BCUT2D eigenvalue weighted by Gasteiger charge is 2.18. The molecule has 0 radical (unpaired) electrons. The molecule has 6 heteroatoms. The lowest BCUT2D eigenvalue weighted by Gasteiger charge is -2.24. The maximum Gasteiger partial charge on any atom is 0.224 e. The first kappa shape index (κ1) is 15.9. The van der Waals surface area contributed by atoms with Crippen molar-refractivity contribution < 1.29 is 9.18 Å². The monoisotopic (exact) mass is 331 g/mol. The summed E-state index contributed by atoms with van der Waals surface area (Å²) in [6, 6.07) is 3.46. The van der Waals surface area contributed by atoms with Crippen molar-refractivity contribution in [2.45, 2.75) is 13.5 Å². The predicted molar refractivity (Wildman–Crippen MR) is 78.5 cm³/mol. The fraction of sp³-hybridized carbons (Fsp3) is 0.462. The lowest BCUT2D eigenvalue weighted by atomic mass is 10.1. The molecule has 0 fully saturated rings. The van der Waals surface area contributed by atoms with Crippen LogP contribution in [-0.4, -0.2) is 26.5 Å². The molecule has 1 aromatic rings. The molecular formula is C13H19BrFN3O. The molecule has 0 aromatic heterocycles. The van der Waals surface area contributed by atoms with Crippen molar-refractivity contribution in [1.29, 1.82) is 0 Å². The number of nitrogens with one attached hydrogen (secondary N) is 1.